The number of benzene rings is 3. The summed E-state index contributed by atoms with van der Waals surface area (Å²) in [5, 5.41) is 12.3. The molecule has 0 aliphatic heterocycles. The number of carbonyl (C=O) groups is 2. The standard InChI is InChI=1S/C36H46O8/c1-34(2,3)43-32(37)10-8-24-41-30-20-14-27(15-21-30)36(39,26-12-18-29(40-7)19-13-26)28-16-22-31(23-17-28)42-25-9-11-33(38)44-35(4,5)6/h12-23,39H,8-11,24-25H2,1-7H3. The van der Waals surface area contributed by atoms with Crippen molar-refractivity contribution >= 4 is 11.9 Å². The lowest BCUT2D eigenvalue weighted by Crippen LogP contribution is -2.28. The van der Waals surface area contributed by atoms with Crippen LogP contribution in [0.5, 0.6) is 17.2 Å². The summed E-state index contributed by atoms with van der Waals surface area (Å²) >= 11 is 0. The Morgan fingerprint density at radius 1 is 0.568 bits per heavy atom. The third-order valence-electron chi connectivity index (χ3n) is 6.48. The molecule has 0 aliphatic carbocycles. The van der Waals surface area contributed by atoms with E-state index in [2.05, 4.69) is 0 Å². The van der Waals surface area contributed by atoms with Gasteiger partial charge < -0.3 is 28.8 Å². The molecular formula is C36H46O8. The van der Waals surface area contributed by atoms with Gasteiger partial charge in [-0.15, -0.1) is 0 Å². The van der Waals surface area contributed by atoms with Crippen LogP contribution in [0.2, 0.25) is 0 Å². The Kier molecular flexibility index (Phi) is 11.8. The van der Waals surface area contributed by atoms with Gasteiger partial charge in [0.1, 0.15) is 34.1 Å². The number of methoxy groups -OCH3 is 1. The summed E-state index contributed by atoms with van der Waals surface area (Å²) in [4.78, 5) is 23.9. The molecule has 3 aromatic carbocycles. The molecule has 0 aromatic heterocycles. The number of ether oxygens (including phenoxy) is 5. The van der Waals surface area contributed by atoms with E-state index in [1.54, 1.807) is 31.4 Å². The van der Waals surface area contributed by atoms with Crippen molar-refractivity contribution in [1.82, 2.24) is 0 Å². The van der Waals surface area contributed by atoms with Crippen molar-refractivity contribution in [3.63, 3.8) is 0 Å². The summed E-state index contributed by atoms with van der Waals surface area (Å²) < 4.78 is 27.7. The Morgan fingerprint density at radius 3 is 1.18 bits per heavy atom. The van der Waals surface area contributed by atoms with Gasteiger partial charge >= 0.3 is 11.9 Å². The van der Waals surface area contributed by atoms with E-state index < -0.39 is 16.8 Å². The first-order chi connectivity index (χ1) is 20.7. The SMILES string of the molecule is COc1ccc(C(O)(c2ccc(OCCCC(=O)OC(C)(C)C)cc2)c2ccc(OCCCC(=O)OC(C)(C)C)cc2)cc1. The van der Waals surface area contributed by atoms with Crippen LogP contribution in [-0.4, -0.2) is 48.6 Å². The lowest BCUT2D eigenvalue weighted by molar-refractivity contribution is -0.156. The molecular weight excluding hydrogens is 560 g/mol. The highest BCUT2D eigenvalue weighted by Gasteiger charge is 2.34. The van der Waals surface area contributed by atoms with E-state index in [0.29, 0.717) is 60.0 Å². The molecule has 0 aliphatic rings. The lowest BCUT2D eigenvalue weighted by Gasteiger charge is -2.30. The van der Waals surface area contributed by atoms with Crippen LogP contribution in [0.15, 0.2) is 72.8 Å². The second-order valence-corrected chi connectivity index (χ2v) is 12.6. The van der Waals surface area contributed by atoms with Crippen LogP contribution in [0.25, 0.3) is 0 Å². The molecule has 0 spiro atoms. The average Bonchev–Trinajstić information content (AvgIpc) is 2.96. The van der Waals surface area contributed by atoms with Gasteiger partial charge in [-0.3, -0.25) is 9.59 Å². The predicted molar refractivity (Wildman–Crippen MR) is 169 cm³/mol. The van der Waals surface area contributed by atoms with Crippen LogP contribution < -0.4 is 14.2 Å². The molecule has 238 valence electrons. The van der Waals surface area contributed by atoms with Crippen molar-refractivity contribution in [2.75, 3.05) is 20.3 Å². The van der Waals surface area contributed by atoms with Crippen LogP contribution in [0.1, 0.15) is 83.9 Å². The van der Waals surface area contributed by atoms with Gasteiger partial charge in [-0.05, 0) is 107 Å². The molecule has 3 aromatic rings. The van der Waals surface area contributed by atoms with Crippen LogP contribution >= 0.6 is 0 Å². The van der Waals surface area contributed by atoms with Crippen molar-refractivity contribution in [3.8, 4) is 17.2 Å². The minimum atomic E-state index is -1.48. The van der Waals surface area contributed by atoms with Crippen molar-refractivity contribution in [2.24, 2.45) is 0 Å². The van der Waals surface area contributed by atoms with Crippen LogP contribution in [0, 0.1) is 0 Å². The number of hydrogen-bond acceptors (Lipinski definition) is 8. The zero-order valence-corrected chi connectivity index (χ0v) is 27.0. The predicted octanol–water partition coefficient (Wildman–Crippen LogP) is 6.98. The van der Waals surface area contributed by atoms with Gasteiger partial charge in [0.2, 0.25) is 0 Å². The number of carbonyl (C=O) groups excluding carboxylic acids is 2. The second kappa shape index (κ2) is 15.1. The molecule has 1 N–H and O–H groups in total. The number of hydrogen-bond donors (Lipinski definition) is 1. The number of esters is 2. The molecule has 0 heterocycles. The zero-order chi connectivity index (χ0) is 32.4. The quantitative estimate of drug-likeness (QED) is 0.119. The Labute approximate surface area is 261 Å². The molecule has 0 radical (unpaired) electrons. The fourth-order valence-corrected chi connectivity index (χ4v) is 4.52. The van der Waals surface area contributed by atoms with Gasteiger partial charge in [0.15, 0.2) is 0 Å². The summed E-state index contributed by atoms with van der Waals surface area (Å²) in [7, 11) is 1.60. The summed E-state index contributed by atoms with van der Waals surface area (Å²) in [5.41, 5.74) is -0.535. The van der Waals surface area contributed by atoms with E-state index in [4.69, 9.17) is 23.7 Å². The maximum absolute atomic E-state index is 12.3. The van der Waals surface area contributed by atoms with Crippen molar-refractivity contribution in [2.45, 2.75) is 84.0 Å². The third kappa shape index (κ3) is 10.6. The van der Waals surface area contributed by atoms with Gasteiger partial charge in [-0.25, -0.2) is 0 Å². The molecule has 8 heteroatoms. The molecule has 8 nitrogen and oxygen atoms in total. The van der Waals surface area contributed by atoms with E-state index in [1.807, 2.05) is 90.1 Å². The number of aliphatic hydroxyl groups is 1. The van der Waals surface area contributed by atoms with E-state index >= 15 is 0 Å². The highest BCUT2D eigenvalue weighted by Crippen LogP contribution is 2.38. The second-order valence-electron chi connectivity index (χ2n) is 12.6. The first-order valence-corrected chi connectivity index (χ1v) is 15.0. The Balaban J connectivity index is 1.70. The van der Waals surface area contributed by atoms with Gasteiger partial charge in [-0.2, -0.15) is 0 Å². The van der Waals surface area contributed by atoms with Gasteiger partial charge in [0, 0.05) is 12.8 Å². The van der Waals surface area contributed by atoms with Crippen molar-refractivity contribution < 1.29 is 38.4 Å². The van der Waals surface area contributed by atoms with Crippen LogP contribution in [0.3, 0.4) is 0 Å². The minimum absolute atomic E-state index is 0.252. The summed E-state index contributed by atoms with van der Waals surface area (Å²) in [6.45, 7) is 11.8. The molecule has 0 amide bonds. The lowest BCUT2D eigenvalue weighted by atomic mass is 9.80. The maximum atomic E-state index is 12.3. The number of rotatable bonds is 14. The Morgan fingerprint density at radius 2 is 0.886 bits per heavy atom. The molecule has 0 bridgehead atoms. The van der Waals surface area contributed by atoms with Crippen LogP contribution in [0.4, 0.5) is 0 Å². The van der Waals surface area contributed by atoms with E-state index in [0.717, 1.165) is 0 Å². The summed E-state index contributed by atoms with van der Waals surface area (Å²) in [5.74, 6) is 1.44. The molecule has 0 atom stereocenters. The minimum Gasteiger partial charge on any atom is -0.497 e. The zero-order valence-electron chi connectivity index (χ0n) is 27.0. The monoisotopic (exact) mass is 606 g/mol. The molecule has 0 unspecified atom stereocenters. The molecule has 3 rings (SSSR count). The van der Waals surface area contributed by atoms with E-state index in [-0.39, 0.29) is 24.8 Å². The molecule has 0 fully saturated rings. The largest absolute Gasteiger partial charge is 0.497 e. The van der Waals surface area contributed by atoms with Gasteiger partial charge in [0.25, 0.3) is 0 Å². The summed E-state index contributed by atoms with van der Waals surface area (Å²) in [6, 6.07) is 21.8. The Hall–Kier alpha value is -4.04. The Bertz CT molecular complexity index is 1250. The first kappa shape index (κ1) is 34.5. The average molecular weight is 607 g/mol. The molecule has 0 saturated carbocycles. The third-order valence-corrected chi connectivity index (χ3v) is 6.48. The molecule has 0 saturated heterocycles. The van der Waals surface area contributed by atoms with E-state index in [9.17, 15) is 14.7 Å². The van der Waals surface area contributed by atoms with Gasteiger partial charge in [-0.1, -0.05) is 36.4 Å². The first-order valence-electron chi connectivity index (χ1n) is 15.0. The smallest absolute Gasteiger partial charge is 0.306 e. The fraction of sp³-hybridized carbons (Fsp3) is 0.444. The summed E-state index contributed by atoms with van der Waals surface area (Å²) in [6.07, 6.45) is 1.61. The van der Waals surface area contributed by atoms with Crippen molar-refractivity contribution in [1.29, 1.82) is 0 Å². The van der Waals surface area contributed by atoms with Crippen LogP contribution in [-0.2, 0) is 24.7 Å². The van der Waals surface area contributed by atoms with Gasteiger partial charge in [0.05, 0.1) is 20.3 Å². The normalized spacial score (nSPS) is 11.9. The highest BCUT2D eigenvalue weighted by atomic mass is 16.6. The topological polar surface area (TPSA) is 101 Å². The van der Waals surface area contributed by atoms with Crippen molar-refractivity contribution in [3.05, 3.63) is 89.5 Å². The maximum Gasteiger partial charge on any atom is 0.306 e. The highest BCUT2D eigenvalue weighted by molar-refractivity contribution is 5.70. The van der Waals surface area contributed by atoms with E-state index in [1.165, 1.54) is 0 Å². The molecule has 44 heavy (non-hydrogen) atoms. The fourth-order valence-electron chi connectivity index (χ4n) is 4.52.